The van der Waals surface area contributed by atoms with Crippen LogP contribution in [0.5, 0.6) is 5.75 Å². The molecular weight excluding hydrogens is 447 g/mol. The highest BCUT2D eigenvalue weighted by Gasteiger charge is 2.13. The zero-order valence-corrected chi connectivity index (χ0v) is 18.7. The third kappa shape index (κ3) is 4.76. The molecule has 1 heterocycles. The zero-order valence-electron chi connectivity index (χ0n) is 17.2. The first-order chi connectivity index (χ1) is 15.1. The third-order valence-electron chi connectivity index (χ3n) is 5.00. The maximum atomic E-state index is 9.36. The normalized spacial score (nSPS) is 10.3. The number of fused-ring (bicyclic) bond motifs is 1. The minimum Gasteiger partial charge on any atom is -0.495 e. The number of nitrogens with one attached hydrogen (secondary N) is 1. The van der Waals surface area contributed by atoms with Gasteiger partial charge in [0.05, 0.1) is 30.4 Å². The lowest BCUT2D eigenvalue weighted by molar-refractivity contribution is 0.282. The number of ether oxygens (including phenoxy) is 1. The summed E-state index contributed by atoms with van der Waals surface area (Å²) in [6, 6.07) is 20.7. The monoisotopic (exact) mass is 466 g/mol. The fraction of sp³-hybridized carbons (Fsp3) is 0.125. The van der Waals surface area contributed by atoms with Crippen LogP contribution in [0.3, 0.4) is 0 Å². The molecule has 0 bridgehead atoms. The molecule has 1 aromatic heterocycles. The van der Waals surface area contributed by atoms with Crippen molar-refractivity contribution in [1.29, 1.82) is 5.26 Å². The Hall–Kier alpha value is -3.37. The van der Waals surface area contributed by atoms with Crippen molar-refractivity contribution in [1.82, 2.24) is 10.2 Å². The number of aliphatic hydroxyl groups is 1. The number of hydrogen-bond donors (Lipinski definition) is 2. The number of rotatable bonds is 6. The average Bonchev–Trinajstić information content (AvgIpc) is 2.82. The zero-order chi connectivity index (χ0) is 21.8. The van der Waals surface area contributed by atoms with Crippen LogP contribution in [0.2, 0.25) is 5.02 Å². The van der Waals surface area contributed by atoms with Gasteiger partial charge in [0.1, 0.15) is 11.4 Å². The summed E-state index contributed by atoms with van der Waals surface area (Å²) in [5.74, 6) is 1.20. The number of anilines is 1. The van der Waals surface area contributed by atoms with Gasteiger partial charge in [0.25, 0.3) is 0 Å². The van der Waals surface area contributed by atoms with Crippen LogP contribution < -0.4 is 10.1 Å². The van der Waals surface area contributed by atoms with Crippen LogP contribution in [0.4, 0.5) is 5.82 Å². The lowest BCUT2D eigenvalue weighted by atomic mass is 10.0. The summed E-state index contributed by atoms with van der Waals surface area (Å²) in [6.07, 6.45) is 0. The Morgan fingerprint density at radius 1 is 1.00 bits per heavy atom. The van der Waals surface area contributed by atoms with E-state index in [4.69, 9.17) is 16.3 Å². The van der Waals surface area contributed by atoms with E-state index in [1.54, 1.807) is 19.2 Å². The van der Waals surface area contributed by atoms with E-state index in [1.165, 1.54) is 0 Å². The molecule has 0 aliphatic rings. The summed E-state index contributed by atoms with van der Waals surface area (Å²) >= 11 is 6.22. The summed E-state index contributed by atoms with van der Waals surface area (Å²) in [5, 5.41) is 33.0. The molecule has 2 N–H and O–H groups in total. The van der Waals surface area contributed by atoms with Crippen LogP contribution in [-0.4, -0.2) is 22.4 Å². The molecule has 4 rings (SSSR count). The second-order valence-electron chi connectivity index (χ2n) is 6.95. The Balaban J connectivity index is 0.00000289. The molecule has 6 nitrogen and oxygen atoms in total. The number of methoxy groups -OCH3 is 1. The molecule has 32 heavy (non-hydrogen) atoms. The van der Waals surface area contributed by atoms with Gasteiger partial charge in [-0.05, 0) is 35.4 Å². The molecule has 0 saturated carbocycles. The molecule has 0 aliphatic heterocycles. The minimum absolute atomic E-state index is 0. The molecule has 0 amide bonds. The minimum atomic E-state index is -0.0174. The van der Waals surface area contributed by atoms with Crippen LogP contribution in [-0.2, 0) is 13.2 Å². The number of nitriles is 1. The van der Waals surface area contributed by atoms with E-state index in [0.29, 0.717) is 34.4 Å². The SMILES string of the molecule is COc1ccc(CNc2nnc(-c3ccc(CO)cc3)c3ccc(C#N)cc23)cc1Cl.Cl. The first-order valence-electron chi connectivity index (χ1n) is 9.60. The van der Waals surface area contributed by atoms with Crippen LogP contribution in [0.25, 0.3) is 22.0 Å². The van der Waals surface area contributed by atoms with Crippen LogP contribution in [0.15, 0.2) is 60.7 Å². The molecule has 0 saturated heterocycles. The van der Waals surface area contributed by atoms with Gasteiger partial charge < -0.3 is 15.2 Å². The van der Waals surface area contributed by atoms with E-state index in [1.807, 2.05) is 48.5 Å². The van der Waals surface area contributed by atoms with Gasteiger partial charge >= 0.3 is 0 Å². The number of aliphatic hydroxyl groups excluding tert-OH is 1. The van der Waals surface area contributed by atoms with E-state index in [-0.39, 0.29) is 19.0 Å². The van der Waals surface area contributed by atoms with Crippen LogP contribution >= 0.6 is 24.0 Å². The maximum Gasteiger partial charge on any atom is 0.156 e. The van der Waals surface area contributed by atoms with Gasteiger partial charge in [-0.3, -0.25) is 0 Å². The molecule has 0 aliphatic carbocycles. The van der Waals surface area contributed by atoms with Crippen molar-refractivity contribution >= 4 is 40.6 Å². The Kier molecular flexibility index (Phi) is 7.49. The van der Waals surface area contributed by atoms with Crippen LogP contribution in [0.1, 0.15) is 16.7 Å². The summed E-state index contributed by atoms with van der Waals surface area (Å²) in [7, 11) is 1.58. The largest absolute Gasteiger partial charge is 0.495 e. The van der Waals surface area contributed by atoms with E-state index in [9.17, 15) is 10.4 Å². The Labute approximate surface area is 196 Å². The molecule has 0 fully saturated rings. The molecular formula is C24H20Cl2N4O2. The van der Waals surface area contributed by atoms with Crippen molar-refractivity contribution in [3.63, 3.8) is 0 Å². The Morgan fingerprint density at radius 2 is 1.75 bits per heavy atom. The fourth-order valence-electron chi connectivity index (χ4n) is 3.34. The van der Waals surface area contributed by atoms with Gasteiger partial charge in [-0.15, -0.1) is 22.6 Å². The topological polar surface area (TPSA) is 91.1 Å². The molecule has 8 heteroatoms. The lowest BCUT2D eigenvalue weighted by Crippen LogP contribution is -2.04. The highest BCUT2D eigenvalue weighted by Crippen LogP contribution is 2.31. The molecule has 162 valence electrons. The van der Waals surface area contributed by atoms with Crippen molar-refractivity contribution < 1.29 is 9.84 Å². The molecule has 3 aromatic carbocycles. The number of benzene rings is 3. The molecule has 0 spiro atoms. The van der Waals surface area contributed by atoms with E-state index in [2.05, 4.69) is 21.6 Å². The number of aromatic nitrogens is 2. The number of halogens is 2. The van der Waals surface area contributed by atoms with Gasteiger partial charge in [-0.2, -0.15) is 5.26 Å². The lowest BCUT2D eigenvalue weighted by Gasteiger charge is -2.12. The highest BCUT2D eigenvalue weighted by atomic mass is 35.5. The van der Waals surface area contributed by atoms with E-state index in [0.717, 1.165) is 27.5 Å². The van der Waals surface area contributed by atoms with Crippen molar-refractivity contribution in [3.8, 4) is 23.1 Å². The molecule has 4 aromatic rings. The first-order valence-corrected chi connectivity index (χ1v) is 9.97. The van der Waals surface area contributed by atoms with E-state index >= 15 is 0 Å². The standard InChI is InChI=1S/C24H19ClN4O2.ClH/c1-31-22-9-5-17(11-21(22)25)13-27-24-20-10-16(12-26)4-8-19(20)23(28-29-24)18-6-2-15(14-30)3-7-18;/h2-11,30H,13-14H2,1H3,(H,27,29);1H. The predicted molar refractivity (Wildman–Crippen MR) is 128 cm³/mol. The predicted octanol–water partition coefficient (Wildman–Crippen LogP) is 5.36. The Morgan fingerprint density at radius 3 is 2.41 bits per heavy atom. The third-order valence-corrected chi connectivity index (χ3v) is 5.29. The summed E-state index contributed by atoms with van der Waals surface area (Å²) in [6.45, 7) is 0.464. The maximum absolute atomic E-state index is 9.36. The molecule has 0 atom stereocenters. The van der Waals surface area contributed by atoms with Crippen molar-refractivity contribution in [2.75, 3.05) is 12.4 Å². The van der Waals surface area contributed by atoms with Crippen molar-refractivity contribution in [3.05, 3.63) is 82.4 Å². The van der Waals surface area contributed by atoms with Gasteiger partial charge in [0.2, 0.25) is 0 Å². The second-order valence-corrected chi connectivity index (χ2v) is 7.35. The average molecular weight is 467 g/mol. The van der Waals surface area contributed by atoms with Crippen molar-refractivity contribution in [2.24, 2.45) is 0 Å². The molecule has 0 unspecified atom stereocenters. The summed E-state index contributed by atoms with van der Waals surface area (Å²) in [5.41, 5.74) is 3.91. The number of hydrogen-bond acceptors (Lipinski definition) is 6. The first kappa shape index (κ1) is 23.3. The summed E-state index contributed by atoms with van der Waals surface area (Å²) in [4.78, 5) is 0. The Bertz CT molecular complexity index is 1290. The van der Waals surface area contributed by atoms with Gasteiger partial charge in [-0.25, -0.2) is 0 Å². The second kappa shape index (κ2) is 10.3. The van der Waals surface area contributed by atoms with Crippen LogP contribution in [0, 0.1) is 11.3 Å². The molecule has 0 radical (unpaired) electrons. The fourth-order valence-corrected chi connectivity index (χ4v) is 3.62. The smallest absolute Gasteiger partial charge is 0.156 e. The van der Waals surface area contributed by atoms with Crippen molar-refractivity contribution in [2.45, 2.75) is 13.2 Å². The van der Waals surface area contributed by atoms with Gasteiger partial charge in [-0.1, -0.05) is 48.0 Å². The van der Waals surface area contributed by atoms with E-state index < -0.39 is 0 Å². The number of nitrogens with zero attached hydrogens (tertiary/aromatic N) is 3. The highest BCUT2D eigenvalue weighted by molar-refractivity contribution is 6.32. The van der Waals surface area contributed by atoms with Gasteiger partial charge in [0.15, 0.2) is 5.82 Å². The summed E-state index contributed by atoms with van der Waals surface area (Å²) < 4.78 is 5.20. The quantitative estimate of drug-likeness (QED) is 0.397. The van der Waals surface area contributed by atoms with Gasteiger partial charge in [0, 0.05) is 22.9 Å².